The first-order valence-electron chi connectivity index (χ1n) is 9.89. The first kappa shape index (κ1) is 23.3. The van der Waals surface area contributed by atoms with Crippen molar-refractivity contribution < 1.29 is 27.8 Å². The summed E-state index contributed by atoms with van der Waals surface area (Å²) in [5.74, 6) is -1.32. The number of hydrogen-bond acceptors (Lipinski definition) is 5. The van der Waals surface area contributed by atoms with E-state index in [1.165, 1.54) is 12.1 Å². The van der Waals surface area contributed by atoms with Crippen LogP contribution in [0, 0.1) is 28.6 Å². The number of aliphatic hydroxyl groups is 1. The summed E-state index contributed by atoms with van der Waals surface area (Å²) in [4.78, 5) is 13.2. The molecule has 1 unspecified atom stereocenters. The average molecular weight is 443 g/mol. The van der Waals surface area contributed by atoms with Gasteiger partial charge in [0.1, 0.15) is 5.60 Å². The molecule has 1 saturated heterocycles. The number of ether oxygens (including phenoxy) is 1. The summed E-state index contributed by atoms with van der Waals surface area (Å²) in [6.45, 7) is 0.700. The molecule has 1 heterocycles. The van der Waals surface area contributed by atoms with Gasteiger partial charge in [-0.05, 0) is 48.7 Å². The molecule has 2 aromatic rings. The zero-order valence-electron chi connectivity index (χ0n) is 16.9. The smallest absolute Gasteiger partial charge is 0.381 e. The lowest BCUT2D eigenvalue weighted by Crippen LogP contribution is -2.52. The van der Waals surface area contributed by atoms with Gasteiger partial charge >= 0.3 is 6.18 Å². The Balaban J connectivity index is 1.91. The average Bonchev–Trinajstić information content (AvgIpc) is 2.79. The van der Waals surface area contributed by atoms with Crippen LogP contribution < -0.4 is 5.32 Å². The van der Waals surface area contributed by atoms with E-state index in [-0.39, 0.29) is 12.1 Å². The van der Waals surface area contributed by atoms with Gasteiger partial charge in [0.15, 0.2) is 0 Å². The van der Waals surface area contributed by atoms with E-state index in [0.717, 1.165) is 6.07 Å². The van der Waals surface area contributed by atoms with Crippen LogP contribution >= 0.6 is 0 Å². The Morgan fingerprint density at radius 3 is 2.31 bits per heavy atom. The largest absolute Gasteiger partial charge is 0.417 e. The molecule has 32 heavy (non-hydrogen) atoms. The first-order valence-corrected chi connectivity index (χ1v) is 9.89. The quantitative estimate of drug-likeness (QED) is 0.732. The van der Waals surface area contributed by atoms with Crippen LogP contribution in [0.1, 0.15) is 35.1 Å². The fraction of sp³-hybridized carbons (Fsp3) is 0.348. The van der Waals surface area contributed by atoms with E-state index in [2.05, 4.69) is 5.32 Å². The third-order valence-corrected chi connectivity index (χ3v) is 5.55. The molecule has 1 fully saturated rings. The van der Waals surface area contributed by atoms with Crippen LogP contribution in [0.4, 0.5) is 18.9 Å². The van der Waals surface area contributed by atoms with Gasteiger partial charge in [0, 0.05) is 31.2 Å². The Morgan fingerprint density at radius 2 is 1.75 bits per heavy atom. The van der Waals surface area contributed by atoms with E-state index in [0.29, 0.717) is 43.2 Å². The lowest BCUT2D eigenvalue weighted by atomic mass is 9.77. The summed E-state index contributed by atoms with van der Waals surface area (Å²) in [5.41, 5.74) is -2.79. The third-order valence-electron chi connectivity index (χ3n) is 5.55. The molecular formula is C23H20F3N3O3. The van der Waals surface area contributed by atoms with Crippen LogP contribution in [-0.2, 0) is 22.1 Å². The summed E-state index contributed by atoms with van der Waals surface area (Å²) in [6, 6.07) is 12.7. The minimum atomic E-state index is -4.77. The highest BCUT2D eigenvalue weighted by Gasteiger charge is 2.44. The number of carbonyl (C=O) groups excluding carboxylic acids is 1. The van der Waals surface area contributed by atoms with Gasteiger partial charge in [0.2, 0.25) is 0 Å². The topological polar surface area (TPSA) is 106 Å². The second kappa shape index (κ2) is 9.39. The fourth-order valence-electron chi connectivity index (χ4n) is 3.79. The Bertz CT molecular complexity index is 1070. The Labute approximate surface area is 182 Å². The molecule has 0 spiro atoms. The van der Waals surface area contributed by atoms with Crippen molar-refractivity contribution in [1.82, 2.24) is 0 Å². The first-order chi connectivity index (χ1) is 15.2. The zero-order chi connectivity index (χ0) is 23.4. The summed E-state index contributed by atoms with van der Waals surface area (Å²) in [7, 11) is 0. The van der Waals surface area contributed by atoms with Crippen LogP contribution in [0.2, 0.25) is 0 Å². The number of carbonyl (C=O) groups is 1. The number of nitrogens with one attached hydrogen (secondary N) is 1. The van der Waals surface area contributed by atoms with Gasteiger partial charge < -0.3 is 15.2 Å². The van der Waals surface area contributed by atoms with Crippen molar-refractivity contribution in [3.8, 4) is 12.1 Å². The summed E-state index contributed by atoms with van der Waals surface area (Å²) < 4.78 is 45.1. The molecule has 0 bridgehead atoms. The van der Waals surface area contributed by atoms with E-state index in [9.17, 15) is 23.1 Å². The van der Waals surface area contributed by atoms with E-state index in [4.69, 9.17) is 15.3 Å². The van der Waals surface area contributed by atoms with Crippen molar-refractivity contribution in [3.05, 3.63) is 64.7 Å². The molecule has 1 atom stereocenters. The monoisotopic (exact) mass is 443 g/mol. The number of benzene rings is 2. The van der Waals surface area contributed by atoms with E-state index >= 15 is 0 Å². The second-order valence-corrected chi connectivity index (χ2v) is 7.62. The van der Waals surface area contributed by atoms with Crippen LogP contribution in [0.3, 0.4) is 0 Å². The van der Waals surface area contributed by atoms with E-state index in [1.54, 1.807) is 24.3 Å². The molecule has 166 valence electrons. The molecule has 0 aromatic heterocycles. The van der Waals surface area contributed by atoms with Gasteiger partial charge in [-0.1, -0.05) is 12.1 Å². The molecule has 1 amide bonds. The minimum Gasteiger partial charge on any atom is -0.381 e. The molecule has 1 aliphatic rings. The lowest BCUT2D eigenvalue weighted by molar-refractivity contribution is -0.144. The van der Waals surface area contributed by atoms with Gasteiger partial charge in [-0.2, -0.15) is 23.7 Å². The molecule has 3 rings (SSSR count). The SMILES string of the molecule is N#Cc1ccc(CC(O)(C(=O)Nc2ccc(C#N)c(C(F)(F)F)c2)C2CCOCC2)cc1. The standard InChI is InChI=1S/C23H20F3N3O3/c24-23(25,26)20-11-19(6-5-17(20)14-28)29-21(30)22(31,18-7-9-32-10-8-18)12-15-1-3-16(13-27)4-2-15/h1-6,11,18,31H,7-10,12H2,(H,29,30). The fourth-order valence-corrected chi connectivity index (χ4v) is 3.79. The van der Waals surface area contributed by atoms with Crippen molar-refractivity contribution in [2.75, 3.05) is 18.5 Å². The van der Waals surface area contributed by atoms with Crippen molar-refractivity contribution in [3.63, 3.8) is 0 Å². The number of halogens is 3. The number of hydrogen-bond donors (Lipinski definition) is 2. The summed E-state index contributed by atoms with van der Waals surface area (Å²) >= 11 is 0. The van der Waals surface area contributed by atoms with Gasteiger partial charge in [0.05, 0.1) is 28.8 Å². The highest BCUT2D eigenvalue weighted by atomic mass is 19.4. The molecule has 0 aliphatic carbocycles. The number of anilines is 1. The van der Waals surface area contributed by atoms with Crippen LogP contribution in [0.25, 0.3) is 0 Å². The Kier molecular flexibility index (Phi) is 6.83. The maximum absolute atomic E-state index is 13.3. The van der Waals surface area contributed by atoms with Crippen LogP contribution in [-0.4, -0.2) is 29.8 Å². The number of nitriles is 2. The lowest BCUT2D eigenvalue weighted by Gasteiger charge is -2.37. The van der Waals surface area contributed by atoms with E-state index in [1.807, 2.05) is 6.07 Å². The molecule has 0 radical (unpaired) electrons. The molecule has 0 saturated carbocycles. The molecule has 2 N–H and O–H groups in total. The van der Waals surface area contributed by atoms with Gasteiger partial charge in [-0.3, -0.25) is 4.79 Å². The molecule has 9 heteroatoms. The Hall–Kier alpha value is -3.40. The van der Waals surface area contributed by atoms with Crippen molar-refractivity contribution in [2.45, 2.75) is 31.0 Å². The molecular weight excluding hydrogens is 423 g/mol. The normalized spacial score (nSPS) is 16.4. The van der Waals surface area contributed by atoms with Crippen LogP contribution in [0.15, 0.2) is 42.5 Å². The number of alkyl halides is 3. The zero-order valence-corrected chi connectivity index (χ0v) is 16.9. The van der Waals surface area contributed by atoms with Crippen molar-refractivity contribution in [1.29, 1.82) is 10.5 Å². The molecule has 1 aliphatic heterocycles. The summed E-state index contributed by atoms with van der Waals surface area (Å²) in [6.07, 6.45) is -4.05. The second-order valence-electron chi connectivity index (χ2n) is 7.62. The number of nitrogens with zero attached hydrogens (tertiary/aromatic N) is 2. The van der Waals surface area contributed by atoms with Crippen LogP contribution in [0.5, 0.6) is 0 Å². The highest BCUT2D eigenvalue weighted by molar-refractivity contribution is 5.97. The Morgan fingerprint density at radius 1 is 1.09 bits per heavy atom. The third kappa shape index (κ3) is 5.08. The number of rotatable bonds is 5. The van der Waals surface area contributed by atoms with Crippen molar-refractivity contribution in [2.24, 2.45) is 5.92 Å². The maximum atomic E-state index is 13.3. The molecule has 6 nitrogen and oxygen atoms in total. The highest BCUT2D eigenvalue weighted by Crippen LogP contribution is 2.35. The van der Waals surface area contributed by atoms with Crippen molar-refractivity contribution >= 4 is 11.6 Å². The minimum absolute atomic E-state index is 0.0857. The maximum Gasteiger partial charge on any atom is 0.417 e. The van der Waals surface area contributed by atoms with Gasteiger partial charge in [-0.15, -0.1) is 0 Å². The van der Waals surface area contributed by atoms with E-state index < -0.39 is 34.7 Å². The predicted octanol–water partition coefficient (Wildman–Crippen LogP) is 3.79. The number of amides is 1. The molecule has 2 aromatic carbocycles. The van der Waals surface area contributed by atoms with Gasteiger partial charge in [0.25, 0.3) is 5.91 Å². The predicted molar refractivity (Wildman–Crippen MR) is 108 cm³/mol. The van der Waals surface area contributed by atoms with Gasteiger partial charge in [-0.25, -0.2) is 0 Å². The summed E-state index contributed by atoms with van der Waals surface area (Å²) in [5, 5.41) is 31.8.